The first-order chi connectivity index (χ1) is 14.1. The van der Waals surface area contributed by atoms with Crippen LogP contribution in [0.5, 0.6) is 0 Å². The van der Waals surface area contributed by atoms with Gasteiger partial charge in [0.25, 0.3) is 0 Å². The van der Waals surface area contributed by atoms with E-state index >= 15 is 0 Å². The average molecular weight is 397 g/mol. The number of allylic oxidation sites excluding steroid dienone is 3. The monoisotopic (exact) mass is 397 g/mol. The number of hydrogen-bond donors (Lipinski definition) is 1. The van der Waals surface area contributed by atoms with Crippen LogP contribution in [0.3, 0.4) is 0 Å². The standard InChI is InChI=1S/C21H27N5O3/c1-15-13-16(2)29-12-10-25(21(28)17-3-4-17)8-7-24(9-11-27)19-5-6-26-20(23-19)18(15)14-22-26/h5-6,13-14,17,27H,1,3-4,7-12H2,2H3. The van der Waals surface area contributed by atoms with Crippen molar-refractivity contribution in [3.05, 3.63) is 42.4 Å². The topological polar surface area (TPSA) is 83.2 Å². The highest BCUT2D eigenvalue weighted by atomic mass is 16.5. The Morgan fingerprint density at radius 1 is 1.34 bits per heavy atom. The minimum atomic E-state index is 0.00724. The molecule has 0 unspecified atom stereocenters. The van der Waals surface area contributed by atoms with Gasteiger partial charge in [-0.05, 0) is 37.5 Å². The number of amides is 1. The Bertz CT molecular complexity index is 947. The Morgan fingerprint density at radius 2 is 2.17 bits per heavy atom. The second kappa shape index (κ2) is 8.24. The highest BCUT2D eigenvalue weighted by molar-refractivity contribution is 5.81. The van der Waals surface area contributed by atoms with Gasteiger partial charge in [-0.25, -0.2) is 9.50 Å². The molecule has 1 fully saturated rings. The van der Waals surface area contributed by atoms with Gasteiger partial charge in [0.05, 0.1) is 25.1 Å². The summed E-state index contributed by atoms with van der Waals surface area (Å²) in [6, 6.07) is 1.88. The number of rotatable bonds is 3. The molecule has 8 heteroatoms. The van der Waals surface area contributed by atoms with E-state index in [0.29, 0.717) is 38.4 Å². The second-order valence-electron chi connectivity index (χ2n) is 7.55. The molecule has 154 valence electrons. The summed E-state index contributed by atoms with van der Waals surface area (Å²) in [5, 5.41) is 13.9. The van der Waals surface area contributed by atoms with Crippen molar-refractivity contribution in [3.63, 3.8) is 0 Å². The van der Waals surface area contributed by atoms with Gasteiger partial charge in [-0.3, -0.25) is 4.79 Å². The molecule has 2 aliphatic rings. The maximum absolute atomic E-state index is 12.7. The average Bonchev–Trinajstić information content (AvgIpc) is 3.47. The van der Waals surface area contributed by atoms with Gasteiger partial charge < -0.3 is 19.6 Å². The van der Waals surface area contributed by atoms with Crippen molar-refractivity contribution in [2.45, 2.75) is 19.8 Å². The molecule has 1 aliphatic heterocycles. The molecule has 3 heterocycles. The summed E-state index contributed by atoms with van der Waals surface area (Å²) in [5.74, 6) is 1.83. The normalized spacial score (nSPS) is 18.6. The lowest BCUT2D eigenvalue weighted by atomic mass is 10.1. The number of aliphatic hydroxyl groups is 1. The Hall–Kier alpha value is -2.87. The zero-order chi connectivity index (χ0) is 20.4. The van der Waals surface area contributed by atoms with E-state index in [1.807, 2.05) is 35.1 Å². The summed E-state index contributed by atoms with van der Waals surface area (Å²) in [4.78, 5) is 21.4. The lowest BCUT2D eigenvalue weighted by molar-refractivity contribution is -0.133. The number of carbonyl (C=O) groups is 1. The third-order valence-electron chi connectivity index (χ3n) is 5.34. The van der Waals surface area contributed by atoms with Gasteiger partial charge in [0, 0.05) is 37.3 Å². The van der Waals surface area contributed by atoms with Crippen LogP contribution in [0, 0.1) is 5.92 Å². The molecular formula is C21H27N5O3. The molecule has 2 aromatic rings. The van der Waals surface area contributed by atoms with Crippen molar-refractivity contribution in [1.82, 2.24) is 19.5 Å². The molecule has 0 saturated heterocycles. The van der Waals surface area contributed by atoms with Crippen molar-refractivity contribution in [3.8, 4) is 0 Å². The van der Waals surface area contributed by atoms with Gasteiger partial charge in [0.1, 0.15) is 12.4 Å². The van der Waals surface area contributed by atoms with Crippen LogP contribution in [0.2, 0.25) is 0 Å². The van der Waals surface area contributed by atoms with Gasteiger partial charge >= 0.3 is 0 Å². The molecule has 1 amide bonds. The summed E-state index contributed by atoms with van der Waals surface area (Å²) in [6.07, 6.45) is 7.41. The van der Waals surface area contributed by atoms with E-state index < -0.39 is 0 Å². The Balaban J connectivity index is 1.70. The lowest BCUT2D eigenvalue weighted by Gasteiger charge is -2.28. The molecule has 0 spiro atoms. The maximum atomic E-state index is 12.7. The first-order valence-electron chi connectivity index (χ1n) is 10.1. The van der Waals surface area contributed by atoms with Crippen LogP contribution >= 0.6 is 0 Å². The fourth-order valence-corrected chi connectivity index (χ4v) is 3.57. The number of aliphatic hydroxyl groups excluding tert-OH is 1. The van der Waals surface area contributed by atoms with Crippen molar-refractivity contribution >= 4 is 22.9 Å². The zero-order valence-electron chi connectivity index (χ0n) is 16.8. The fraction of sp³-hybridized carbons (Fsp3) is 0.476. The molecule has 2 aromatic heterocycles. The van der Waals surface area contributed by atoms with Gasteiger partial charge in [0.2, 0.25) is 5.91 Å². The molecule has 1 N–H and O–H groups in total. The van der Waals surface area contributed by atoms with Crippen molar-refractivity contribution < 1.29 is 14.6 Å². The Labute approximate surface area is 170 Å². The van der Waals surface area contributed by atoms with Crippen LogP contribution in [0.4, 0.5) is 5.82 Å². The van der Waals surface area contributed by atoms with Gasteiger partial charge in [-0.15, -0.1) is 0 Å². The first kappa shape index (κ1) is 19.4. The number of anilines is 1. The Morgan fingerprint density at radius 3 is 2.93 bits per heavy atom. The van der Waals surface area contributed by atoms with Gasteiger partial charge in [0.15, 0.2) is 5.65 Å². The number of hydrogen-bond acceptors (Lipinski definition) is 6. The quantitative estimate of drug-likeness (QED) is 0.849. The SMILES string of the molecule is C=C1C=C(C)OCCN(C(=O)C2CC2)CCN(CCO)c2ccn3ncc1c3n2. The molecule has 1 aliphatic carbocycles. The van der Waals surface area contributed by atoms with E-state index in [4.69, 9.17) is 9.72 Å². The Kier molecular flexibility index (Phi) is 5.53. The van der Waals surface area contributed by atoms with E-state index in [2.05, 4.69) is 11.7 Å². The molecule has 0 radical (unpaired) electrons. The minimum absolute atomic E-state index is 0.00724. The summed E-state index contributed by atoms with van der Waals surface area (Å²) >= 11 is 0. The van der Waals surface area contributed by atoms with E-state index in [1.54, 1.807) is 10.7 Å². The number of fused-ring (bicyclic) bond motifs is 1. The van der Waals surface area contributed by atoms with Crippen LogP contribution < -0.4 is 4.90 Å². The molecule has 0 atom stereocenters. The summed E-state index contributed by atoms with van der Waals surface area (Å²) in [6.45, 7) is 8.59. The number of β-amino-alcohol motifs (C(OH)–C–C–N with tert-alkyl or cyclic N) is 1. The smallest absolute Gasteiger partial charge is 0.225 e. The first-order valence-corrected chi connectivity index (χ1v) is 10.1. The van der Waals surface area contributed by atoms with E-state index in [9.17, 15) is 9.90 Å². The highest BCUT2D eigenvalue weighted by Gasteiger charge is 2.33. The maximum Gasteiger partial charge on any atom is 0.225 e. The number of ether oxygens (including phenoxy) is 1. The molecule has 2 bridgehead atoms. The summed E-state index contributed by atoms with van der Waals surface area (Å²) in [7, 11) is 0. The molecule has 0 aromatic carbocycles. The van der Waals surface area contributed by atoms with Crippen LogP contribution in [-0.2, 0) is 9.53 Å². The zero-order valence-corrected chi connectivity index (χ0v) is 16.8. The second-order valence-corrected chi connectivity index (χ2v) is 7.55. The summed E-state index contributed by atoms with van der Waals surface area (Å²) < 4.78 is 7.55. The van der Waals surface area contributed by atoms with E-state index in [0.717, 1.165) is 35.6 Å². The van der Waals surface area contributed by atoms with Gasteiger partial charge in [-0.2, -0.15) is 5.10 Å². The van der Waals surface area contributed by atoms with Crippen molar-refractivity contribution in [1.29, 1.82) is 0 Å². The predicted octanol–water partition coefficient (Wildman–Crippen LogP) is 1.71. The largest absolute Gasteiger partial charge is 0.496 e. The van der Waals surface area contributed by atoms with Crippen molar-refractivity contribution in [2.75, 3.05) is 44.3 Å². The fourth-order valence-electron chi connectivity index (χ4n) is 3.57. The van der Waals surface area contributed by atoms with Crippen LogP contribution in [-0.4, -0.2) is 69.9 Å². The predicted molar refractivity (Wildman–Crippen MR) is 110 cm³/mol. The highest BCUT2D eigenvalue weighted by Crippen LogP contribution is 2.31. The molecule has 4 rings (SSSR count). The molecule has 29 heavy (non-hydrogen) atoms. The minimum Gasteiger partial charge on any atom is -0.496 e. The van der Waals surface area contributed by atoms with Crippen LogP contribution in [0.25, 0.3) is 11.2 Å². The number of nitrogens with zero attached hydrogens (tertiary/aromatic N) is 5. The number of carbonyl (C=O) groups excluding carboxylic acids is 1. The van der Waals surface area contributed by atoms with E-state index in [1.165, 1.54) is 0 Å². The van der Waals surface area contributed by atoms with Crippen LogP contribution in [0.15, 0.2) is 36.9 Å². The third kappa shape index (κ3) is 4.27. The summed E-state index contributed by atoms with van der Waals surface area (Å²) in [5.41, 5.74) is 2.29. The number of aromatic nitrogens is 3. The van der Waals surface area contributed by atoms with E-state index in [-0.39, 0.29) is 18.4 Å². The molecular weight excluding hydrogens is 370 g/mol. The van der Waals surface area contributed by atoms with Gasteiger partial charge in [-0.1, -0.05) is 6.58 Å². The lowest BCUT2D eigenvalue weighted by Crippen LogP contribution is -2.42. The van der Waals surface area contributed by atoms with Crippen molar-refractivity contribution in [2.24, 2.45) is 5.92 Å². The molecule has 1 saturated carbocycles. The third-order valence-corrected chi connectivity index (χ3v) is 5.34. The van der Waals surface area contributed by atoms with Crippen LogP contribution in [0.1, 0.15) is 25.3 Å². The molecule has 8 nitrogen and oxygen atoms in total.